The highest BCUT2D eigenvalue weighted by Gasteiger charge is 2.45. The molecular weight excluding hydrogens is 282 g/mol. The van der Waals surface area contributed by atoms with Crippen molar-refractivity contribution in [2.45, 2.75) is 31.0 Å². The predicted octanol–water partition coefficient (Wildman–Crippen LogP) is 1.54. The lowest BCUT2D eigenvalue weighted by Crippen LogP contribution is -2.50. The number of fused-ring (bicyclic) bond motifs is 1. The Bertz CT molecular complexity index is 541. The largest absolute Gasteiger partial charge is 0.354 e. The first-order valence-corrected chi connectivity index (χ1v) is 7.45. The van der Waals surface area contributed by atoms with Crippen molar-refractivity contribution in [2.24, 2.45) is 0 Å². The second-order valence-corrected chi connectivity index (χ2v) is 5.69. The van der Waals surface area contributed by atoms with Gasteiger partial charge in [0.15, 0.2) is 6.29 Å². The minimum absolute atomic E-state index is 0.200. The van der Waals surface area contributed by atoms with Crippen molar-refractivity contribution in [1.82, 2.24) is 4.90 Å². The van der Waals surface area contributed by atoms with Crippen LogP contribution in [0, 0.1) is 0 Å². The van der Waals surface area contributed by atoms with Crippen LogP contribution in [0.25, 0.3) is 0 Å². The molecule has 5 heteroatoms. The van der Waals surface area contributed by atoms with Gasteiger partial charge in [0.05, 0.1) is 6.54 Å². The van der Waals surface area contributed by atoms with Crippen LogP contribution in [0.3, 0.4) is 0 Å². The standard InChI is InChI=1S/C17H23NO4/c1-18(11-15(21-2)22-3)16(20)17(12-19)10-6-8-13-7-4-5-9-14(13)17/h4-5,7,9,12,15H,6,8,10-11H2,1-3H3. The Morgan fingerprint density at radius 3 is 2.68 bits per heavy atom. The summed E-state index contributed by atoms with van der Waals surface area (Å²) in [5.74, 6) is -0.200. The van der Waals surface area contributed by atoms with Gasteiger partial charge < -0.3 is 19.2 Å². The number of methoxy groups -OCH3 is 2. The van der Waals surface area contributed by atoms with Gasteiger partial charge in [0.1, 0.15) is 11.7 Å². The summed E-state index contributed by atoms with van der Waals surface area (Å²) in [7, 11) is 4.73. The van der Waals surface area contributed by atoms with E-state index in [-0.39, 0.29) is 12.5 Å². The molecule has 0 fully saturated rings. The van der Waals surface area contributed by atoms with E-state index >= 15 is 0 Å². The monoisotopic (exact) mass is 305 g/mol. The summed E-state index contributed by atoms with van der Waals surface area (Å²) in [6.45, 7) is 0.281. The number of carbonyl (C=O) groups excluding carboxylic acids is 2. The average Bonchev–Trinajstić information content (AvgIpc) is 2.58. The molecule has 0 aromatic heterocycles. The molecule has 1 aliphatic carbocycles. The number of benzene rings is 1. The van der Waals surface area contributed by atoms with Crippen molar-refractivity contribution in [3.05, 3.63) is 35.4 Å². The van der Waals surface area contributed by atoms with Crippen LogP contribution >= 0.6 is 0 Å². The quantitative estimate of drug-likeness (QED) is 0.454. The second-order valence-electron chi connectivity index (χ2n) is 5.69. The van der Waals surface area contributed by atoms with Crippen molar-refractivity contribution >= 4 is 12.2 Å². The van der Waals surface area contributed by atoms with Gasteiger partial charge in [-0.25, -0.2) is 0 Å². The van der Waals surface area contributed by atoms with E-state index in [2.05, 4.69) is 0 Å². The van der Waals surface area contributed by atoms with Crippen LogP contribution in [-0.4, -0.2) is 51.2 Å². The zero-order valence-corrected chi connectivity index (χ0v) is 13.4. The normalized spacial score (nSPS) is 20.5. The molecule has 5 nitrogen and oxygen atoms in total. The molecule has 1 amide bonds. The molecule has 120 valence electrons. The van der Waals surface area contributed by atoms with E-state index in [1.165, 1.54) is 19.1 Å². The number of hydrogen-bond acceptors (Lipinski definition) is 4. The summed E-state index contributed by atoms with van der Waals surface area (Å²) in [6.07, 6.45) is 2.57. The molecule has 1 unspecified atom stereocenters. The molecule has 0 aliphatic heterocycles. The maximum absolute atomic E-state index is 13.0. The van der Waals surface area contributed by atoms with Crippen molar-refractivity contribution in [3.63, 3.8) is 0 Å². The Labute approximate surface area is 131 Å². The van der Waals surface area contributed by atoms with Crippen molar-refractivity contribution in [2.75, 3.05) is 27.8 Å². The predicted molar refractivity (Wildman–Crippen MR) is 82.6 cm³/mol. The van der Waals surface area contributed by atoms with Crippen molar-refractivity contribution in [1.29, 1.82) is 0 Å². The van der Waals surface area contributed by atoms with Crippen molar-refractivity contribution in [3.8, 4) is 0 Å². The molecule has 1 aromatic rings. The van der Waals surface area contributed by atoms with Gasteiger partial charge in [-0.15, -0.1) is 0 Å². The molecule has 0 radical (unpaired) electrons. The molecule has 1 atom stereocenters. The molecular formula is C17H23NO4. The SMILES string of the molecule is COC(CN(C)C(=O)C1(C=O)CCCc2ccccc21)OC. The summed E-state index contributed by atoms with van der Waals surface area (Å²) in [4.78, 5) is 26.4. The first-order valence-electron chi connectivity index (χ1n) is 7.45. The van der Waals surface area contributed by atoms with Gasteiger partial charge in [-0.1, -0.05) is 24.3 Å². The number of aldehydes is 1. The molecule has 1 aromatic carbocycles. The maximum Gasteiger partial charge on any atom is 0.240 e. The lowest BCUT2D eigenvalue weighted by molar-refractivity contribution is -0.150. The highest BCUT2D eigenvalue weighted by Crippen LogP contribution is 2.37. The number of hydrogen-bond donors (Lipinski definition) is 0. The number of carbonyl (C=O) groups is 2. The van der Waals surface area contributed by atoms with Gasteiger partial charge in [-0.05, 0) is 30.4 Å². The number of ether oxygens (including phenoxy) is 2. The molecule has 0 N–H and O–H groups in total. The van der Waals surface area contributed by atoms with Gasteiger partial charge in [-0.3, -0.25) is 4.79 Å². The maximum atomic E-state index is 13.0. The first-order chi connectivity index (χ1) is 10.6. The van der Waals surface area contributed by atoms with Crippen LogP contribution in [0.4, 0.5) is 0 Å². The number of nitrogens with zero attached hydrogens (tertiary/aromatic N) is 1. The minimum atomic E-state index is -1.09. The minimum Gasteiger partial charge on any atom is -0.354 e. The Hall–Kier alpha value is -1.72. The van der Waals surface area contributed by atoms with Crippen LogP contribution in [-0.2, 0) is 30.9 Å². The third-order valence-electron chi connectivity index (χ3n) is 4.39. The highest BCUT2D eigenvalue weighted by molar-refractivity contribution is 6.03. The number of aryl methyl sites for hydroxylation is 1. The summed E-state index contributed by atoms with van der Waals surface area (Å²) < 4.78 is 10.3. The fraction of sp³-hybridized carbons (Fsp3) is 0.529. The zero-order chi connectivity index (χ0) is 16.2. The van der Waals surface area contributed by atoms with Crippen molar-refractivity contribution < 1.29 is 19.1 Å². The average molecular weight is 305 g/mol. The lowest BCUT2D eigenvalue weighted by Gasteiger charge is -2.36. The lowest BCUT2D eigenvalue weighted by atomic mass is 9.70. The molecule has 22 heavy (non-hydrogen) atoms. The van der Waals surface area contributed by atoms with Crippen LogP contribution in [0.1, 0.15) is 24.0 Å². The molecule has 1 aliphatic rings. The van der Waals surface area contributed by atoms with Crippen LogP contribution in [0.2, 0.25) is 0 Å². The summed E-state index contributed by atoms with van der Waals surface area (Å²) >= 11 is 0. The Morgan fingerprint density at radius 2 is 2.05 bits per heavy atom. The van der Waals surface area contributed by atoms with Gasteiger partial charge in [0, 0.05) is 21.3 Å². The summed E-state index contributed by atoms with van der Waals surface area (Å²) in [6, 6.07) is 7.70. The van der Waals surface area contributed by atoms with Gasteiger partial charge >= 0.3 is 0 Å². The van der Waals surface area contributed by atoms with E-state index in [0.717, 1.165) is 30.3 Å². The van der Waals surface area contributed by atoms with Crippen LogP contribution < -0.4 is 0 Å². The summed E-state index contributed by atoms with van der Waals surface area (Å²) in [5, 5.41) is 0. The number of amides is 1. The van der Waals surface area contributed by atoms with Crippen LogP contribution in [0.15, 0.2) is 24.3 Å². The van der Waals surface area contributed by atoms with Gasteiger partial charge in [-0.2, -0.15) is 0 Å². The molecule has 0 spiro atoms. The molecule has 0 heterocycles. The van der Waals surface area contributed by atoms with E-state index in [1.54, 1.807) is 7.05 Å². The van der Waals surface area contributed by atoms with E-state index in [0.29, 0.717) is 6.42 Å². The fourth-order valence-electron chi connectivity index (χ4n) is 3.15. The number of rotatable bonds is 6. The van der Waals surface area contributed by atoms with E-state index in [4.69, 9.17) is 9.47 Å². The van der Waals surface area contributed by atoms with E-state index < -0.39 is 11.7 Å². The Balaban J connectivity index is 2.31. The zero-order valence-electron chi connectivity index (χ0n) is 13.4. The molecule has 0 bridgehead atoms. The topological polar surface area (TPSA) is 55.8 Å². The third kappa shape index (κ3) is 2.91. The van der Waals surface area contributed by atoms with Gasteiger partial charge in [0.2, 0.25) is 5.91 Å². The smallest absolute Gasteiger partial charge is 0.240 e. The van der Waals surface area contributed by atoms with E-state index in [9.17, 15) is 9.59 Å². The third-order valence-corrected chi connectivity index (χ3v) is 4.39. The molecule has 2 rings (SSSR count). The molecule has 0 saturated heterocycles. The van der Waals surface area contributed by atoms with E-state index in [1.807, 2.05) is 24.3 Å². The Morgan fingerprint density at radius 1 is 1.36 bits per heavy atom. The second kappa shape index (κ2) is 7.03. The van der Waals surface area contributed by atoms with Gasteiger partial charge in [0.25, 0.3) is 0 Å². The Kier molecular flexibility index (Phi) is 5.32. The number of likely N-dealkylation sites (N-methyl/N-ethyl adjacent to an activating group) is 1. The van der Waals surface area contributed by atoms with Crippen LogP contribution in [0.5, 0.6) is 0 Å². The first kappa shape index (κ1) is 16.6. The molecule has 0 saturated carbocycles. The fourth-order valence-corrected chi connectivity index (χ4v) is 3.15. The highest BCUT2D eigenvalue weighted by atomic mass is 16.7. The summed E-state index contributed by atoms with van der Waals surface area (Å²) in [5.41, 5.74) is 0.826.